The molecule has 116 valence electrons. The van der Waals surface area contributed by atoms with E-state index in [1.807, 2.05) is 12.1 Å². The van der Waals surface area contributed by atoms with Crippen molar-refractivity contribution in [2.24, 2.45) is 5.73 Å². The van der Waals surface area contributed by atoms with E-state index >= 15 is 0 Å². The molecular weight excluding hydrogens is 268 g/mol. The molecule has 3 heterocycles. The number of ether oxygens (including phenoxy) is 3. The van der Waals surface area contributed by atoms with Crippen molar-refractivity contribution in [3.63, 3.8) is 0 Å². The largest absolute Gasteiger partial charge is 0.489 e. The summed E-state index contributed by atoms with van der Waals surface area (Å²) in [6.45, 7) is 2.98. The number of pyridine rings is 1. The second-order valence-electron chi connectivity index (χ2n) is 5.90. The van der Waals surface area contributed by atoms with Crippen molar-refractivity contribution in [3.8, 4) is 5.75 Å². The first kappa shape index (κ1) is 14.8. The highest BCUT2D eigenvalue weighted by atomic mass is 16.5. The van der Waals surface area contributed by atoms with Crippen LogP contribution < -0.4 is 10.5 Å². The van der Waals surface area contributed by atoms with Crippen LogP contribution in [0.1, 0.15) is 31.4 Å². The van der Waals surface area contributed by atoms with Gasteiger partial charge < -0.3 is 19.9 Å². The number of nitrogens with two attached hydrogens (primary N) is 1. The Morgan fingerprint density at radius 1 is 1.29 bits per heavy atom. The number of hydrogen-bond acceptors (Lipinski definition) is 5. The summed E-state index contributed by atoms with van der Waals surface area (Å²) in [5.74, 6) is 0.838. The third kappa shape index (κ3) is 3.73. The van der Waals surface area contributed by atoms with Gasteiger partial charge in [0.25, 0.3) is 0 Å². The van der Waals surface area contributed by atoms with Gasteiger partial charge in [0.2, 0.25) is 0 Å². The van der Waals surface area contributed by atoms with Crippen LogP contribution in [-0.2, 0) is 15.9 Å². The molecule has 0 aromatic carbocycles. The lowest BCUT2D eigenvalue weighted by Crippen LogP contribution is -2.47. The minimum absolute atomic E-state index is 0.0336. The number of hydrogen-bond donors (Lipinski definition) is 1. The molecule has 5 nitrogen and oxygen atoms in total. The molecule has 1 aromatic rings. The molecule has 5 heteroatoms. The maximum Gasteiger partial charge on any atom is 0.138 e. The fourth-order valence-corrected chi connectivity index (χ4v) is 3.14. The van der Waals surface area contributed by atoms with Crippen LogP contribution in [0.2, 0.25) is 0 Å². The van der Waals surface area contributed by atoms with Gasteiger partial charge in [-0.15, -0.1) is 0 Å². The van der Waals surface area contributed by atoms with Gasteiger partial charge >= 0.3 is 0 Å². The van der Waals surface area contributed by atoms with E-state index in [-0.39, 0.29) is 11.7 Å². The highest BCUT2D eigenvalue weighted by molar-refractivity contribution is 5.20. The molecule has 21 heavy (non-hydrogen) atoms. The average molecular weight is 292 g/mol. The van der Waals surface area contributed by atoms with Crippen molar-refractivity contribution in [2.75, 3.05) is 26.4 Å². The summed E-state index contributed by atoms with van der Waals surface area (Å²) in [6, 6.07) is 3.98. The molecule has 0 radical (unpaired) electrons. The van der Waals surface area contributed by atoms with E-state index in [1.165, 1.54) is 0 Å². The first-order chi connectivity index (χ1) is 10.3. The molecule has 2 fully saturated rings. The van der Waals surface area contributed by atoms with Crippen molar-refractivity contribution >= 4 is 0 Å². The minimum atomic E-state index is -0.0336. The first-order valence-electron chi connectivity index (χ1n) is 7.83. The Kier molecular flexibility index (Phi) is 4.73. The van der Waals surface area contributed by atoms with Gasteiger partial charge in [-0.2, -0.15) is 0 Å². The van der Waals surface area contributed by atoms with E-state index in [0.717, 1.165) is 63.4 Å². The fourth-order valence-electron chi connectivity index (χ4n) is 3.14. The van der Waals surface area contributed by atoms with Gasteiger partial charge in [-0.25, -0.2) is 0 Å². The zero-order valence-corrected chi connectivity index (χ0v) is 12.4. The molecule has 2 N–H and O–H groups in total. The van der Waals surface area contributed by atoms with Gasteiger partial charge in [0.1, 0.15) is 11.9 Å². The zero-order valence-electron chi connectivity index (χ0n) is 12.4. The Labute approximate surface area is 125 Å². The summed E-state index contributed by atoms with van der Waals surface area (Å²) in [6.07, 6.45) is 6.64. The van der Waals surface area contributed by atoms with Crippen molar-refractivity contribution in [1.29, 1.82) is 0 Å². The SMILES string of the molecule is NCCc1ccc(OC2CCOC3(CCOCC3)C2)cn1. The molecule has 2 saturated heterocycles. The predicted octanol–water partition coefficient (Wildman–Crippen LogP) is 1.69. The number of rotatable bonds is 4. The Balaban J connectivity index is 1.59. The Morgan fingerprint density at radius 3 is 2.86 bits per heavy atom. The lowest BCUT2D eigenvalue weighted by Gasteiger charge is -2.43. The fraction of sp³-hybridized carbons (Fsp3) is 0.688. The lowest BCUT2D eigenvalue weighted by atomic mass is 9.85. The van der Waals surface area contributed by atoms with Gasteiger partial charge in [-0.1, -0.05) is 0 Å². The third-order valence-electron chi connectivity index (χ3n) is 4.35. The molecule has 3 rings (SSSR count). The summed E-state index contributed by atoms with van der Waals surface area (Å²) in [7, 11) is 0. The summed E-state index contributed by atoms with van der Waals surface area (Å²) < 4.78 is 17.6. The van der Waals surface area contributed by atoms with Gasteiger partial charge in [0.15, 0.2) is 0 Å². The van der Waals surface area contributed by atoms with Gasteiger partial charge in [0.05, 0.1) is 18.4 Å². The van der Waals surface area contributed by atoms with Gasteiger partial charge in [-0.05, 0) is 31.5 Å². The van der Waals surface area contributed by atoms with Crippen molar-refractivity contribution in [3.05, 3.63) is 24.0 Å². The second-order valence-corrected chi connectivity index (χ2v) is 5.90. The quantitative estimate of drug-likeness (QED) is 0.914. The van der Waals surface area contributed by atoms with Gasteiger partial charge in [-0.3, -0.25) is 4.98 Å². The zero-order chi connectivity index (χ0) is 14.5. The Morgan fingerprint density at radius 2 is 2.14 bits per heavy atom. The van der Waals surface area contributed by atoms with E-state index in [1.54, 1.807) is 6.20 Å². The van der Waals surface area contributed by atoms with Crippen LogP contribution in [-0.4, -0.2) is 43.1 Å². The van der Waals surface area contributed by atoms with E-state index in [4.69, 9.17) is 19.9 Å². The van der Waals surface area contributed by atoms with Crippen LogP contribution in [0, 0.1) is 0 Å². The molecular formula is C16H24N2O3. The molecule has 0 bridgehead atoms. The van der Waals surface area contributed by atoms with E-state index in [2.05, 4.69) is 4.98 Å². The monoisotopic (exact) mass is 292 g/mol. The summed E-state index contributed by atoms with van der Waals surface area (Å²) >= 11 is 0. The summed E-state index contributed by atoms with van der Waals surface area (Å²) in [4.78, 5) is 4.38. The number of nitrogens with zero attached hydrogens (tertiary/aromatic N) is 1. The van der Waals surface area contributed by atoms with Crippen molar-refractivity contribution in [2.45, 2.75) is 43.8 Å². The number of aromatic nitrogens is 1. The third-order valence-corrected chi connectivity index (χ3v) is 4.35. The van der Waals surface area contributed by atoms with Crippen LogP contribution in [0.3, 0.4) is 0 Å². The molecule has 2 aliphatic rings. The van der Waals surface area contributed by atoms with Crippen molar-refractivity contribution < 1.29 is 14.2 Å². The van der Waals surface area contributed by atoms with Crippen LogP contribution in [0.4, 0.5) is 0 Å². The molecule has 0 aliphatic carbocycles. The summed E-state index contributed by atoms with van der Waals surface area (Å²) in [5.41, 5.74) is 6.51. The maximum absolute atomic E-state index is 6.10. The predicted molar refractivity (Wildman–Crippen MR) is 79.4 cm³/mol. The molecule has 0 amide bonds. The van der Waals surface area contributed by atoms with Gasteiger partial charge in [0, 0.05) is 38.2 Å². The topological polar surface area (TPSA) is 66.6 Å². The molecule has 1 aromatic heterocycles. The van der Waals surface area contributed by atoms with Crippen LogP contribution in [0.5, 0.6) is 5.75 Å². The normalized spacial score (nSPS) is 24.9. The van der Waals surface area contributed by atoms with Crippen LogP contribution in [0.15, 0.2) is 18.3 Å². The smallest absolute Gasteiger partial charge is 0.138 e. The van der Waals surface area contributed by atoms with E-state index in [9.17, 15) is 0 Å². The van der Waals surface area contributed by atoms with Crippen LogP contribution in [0.25, 0.3) is 0 Å². The van der Waals surface area contributed by atoms with E-state index in [0.29, 0.717) is 6.54 Å². The first-order valence-corrected chi connectivity index (χ1v) is 7.83. The molecule has 2 aliphatic heterocycles. The minimum Gasteiger partial charge on any atom is -0.489 e. The summed E-state index contributed by atoms with van der Waals surface area (Å²) in [5, 5.41) is 0. The Hall–Kier alpha value is -1.17. The second kappa shape index (κ2) is 6.73. The highest BCUT2D eigenvalue weighted by Crippen LogP contribution is 2.35. The molecule has 0 saturated carbocycles. The highest BCUT2D eigenvalue weighted by Gasteiger charge is 2.39. The maximum atomic E-state index is 6.10. The standard InChI is InChI=1S/C16H24N2O3/c17-7-3-13-1-2-15(12-18-13)21-14-4-8-20-16(11-14)5-9-19-10-6-16/h1-2,12,14H,3-11,17H2. The average Bonchev–Trinajstić information content (AvgIpc) is 2.50. The van der Waals surface area contributed by atoms with Crippen molar-refractivity contribution in [1.82, 2.24) is 4.98 Å². The molecule has 1 spiro atoms. The molecule has 1 atom stereocenters. The Bertz CT molecular complexity index is 438. The van der Waals surface area contributed by atoms with Crippen LogP contribution >= 0.6 is 0 Å². The molecule has 1 unspecified atom stereocenters. The van der Waals surface area contributed by atoms with E-state index < -0.39 is 0 Å². The lowest BCUT2D eigenvalue weighted by molar-refractivity contribution is -0.155.